The predicted octanol–water partition coefficient (Wildman–Crippen LogP) is 5.23. The highest BCUT2D eigenvalue weighted by Gasteiger charge is 2.29. The molecule has 172 valence electrons. The van der Waals surface area contributed by atoms with Gasteiger partial charge in [-0.05, 0) is 54.5 Å². The number of anilines is 1. The number of hydrogen-bond donors (Lipinski definition) is 1. The molecule has 0 unspecified atom stereocenters. The van der Waals surface area contributed by atoms with Crippen molar-refractivity contribution in [3.05, 3.63) is 89.0 Å². The van der Waals surface area contributed by atoms with Gasteiger partial charge >= 0.3 is 0 Å². The van der Waals surface area contributed by atoms with Gasteiger partial charge < -0.3 is 4.90 Å². The Balaban J connectivity index is 1.40. The molecule has 0 spiro atoms. The van der Waals surface area contributed by atoms with Crippen LogP contribution in [0.25, 0.3) is 16.9 Å². The molecule has 0 saturated heterocycles. The number of carbonyl (C=O) groups excluding carboxylic acids is 2. The van der Waals surface area contributed by atoms with Gasteiger partial charge in [0.15, 0.2) is 0 Å². The van der Waals surface area contributed by atoms with Gasteiger partial charge in [0.2, 0.25) is 11.9 Å². The van der Waals surface area contributed by atoms with Crippen LogP contribution in [0.2, 0.25) is 0 Å². The third kappa shape index (κ3) is 5.07. The second-order valence-corrected chi connectivity index (χ2v) is 9.26. The molecular formula is C26H23FN4O2S. The lowest BCUT2D eigenvalue weighted by Gasteiger charge is -2.21. The van der Waals surface area contributed by atoms with E-state index in [2.05, 4.69) is 10.3 Å². The van der Waals surface area contributed by atoms with Crippen LogP contribution in [0.5, 0.6) is 0 Å². The maximum absolute atomic E-state index is 13.5. The fourth-order valence-corrected chi connectivity index (χ4v) is 4.43. The van der Waals surface area contributed by atoms with Crippen LogP contribution in [0.1, 0.15) is 22.5 Å². The van der Waals surface area contributed by atoms with Crippen LogP contribution >= 0.6 is 11.3 Å². The summed E-state index contributed by atoms with van der Waals surface area (Å²) in [7, 11) is 0. The second-order valence-electron chi connectivity index (χ2n) is 8.32. The number of halogens is 1. The molecule has 34 heavy (non-hydrogen) atoms. The summed E-state index contributed by atoms with van der Waals surface area (Å²) in [6, 6.07) is 19.2. The Bertz CT molecular complexity index is 1280. The van der Waals surface area contributed by atoms with Crippen molar-refractivity contribution in [1.82, 2.24) is 14.5 Å². The summed E-state index contributed by atoms with van der Waals surface area (Å²) in [4.78, 5) is 32.9. The van der Waals surface area contributed by atoms with Crippen LogP contribution in [0.15, 0.2) is 78.3 Å². The molecule has 1 aliphatic carbocycles. The number of hydrogen-bond acceptors (Lipinski definition) is 4. The van der Waals surface area contributed by atoms with Gasteiger partial charge in [0.25, 0.3) is 5.91 Å². The molecule has 0 radical (unpaired) electrons. The van der Waals surface area contributed by atoms with E-state index in [1.807, 2.05) is 41.8 Å². The Morgan fingerprint density at radius 3 is 2.50 bits per heavy atom. The van der Waals surface area contributed by atoms with E-state index in [9.17, 15) is 14.0 Å². The Morgan fingerprint density at radius 1 is 1.06 bits per heavy atom. The Morgan fingerprint density at radius 2 is 1.82 bits per heavy atom. The summed E-state index contributed by atoms with van der Waals surface area (Å²) in [6.07, 6.45) is 3.95. The minimum atomic E-state index is -0.347. The van der Waals surface area contributed by atoms with Crippen molar-refractivity contribution in [2.24, 2.45) is 5.92 Å². The number of nitrogens with zero attached hydrogens (tertiary/aromatic N) is 3. The van der Waals surface area contributed by atoms with Gasteiger partial charge in [0.1, 0.15) is 12.4 Å². The van der Waals surface area contributed by atoms with Gasteiger partial charge in [-0.25, -0.2) is 9.37 Å². The molecule has 1 fully saturated rings. The smallest absolute Gasteiger partial charge is 0.264 e. The monoisotopic (exact) mass is 474 g/mol. The summed E-state index contributed by atoms with van der Waals surface area (Å²) in [6.45, 7) is 0.496. The van der Waals surface area contributed by atoms with Gasteiger partial charge in [-0.2, -0.15) is 0 Å². The molecule has 0 atom stereocenters. The van der Waals surface area contributed by atoms with Crippen molar-refractivity contribution in [3.8, 4) is 16.9 Å². The van der Waals surface area contributed by atoms with Crippen LogP contribution < -0.4 is 5.32 Å². The molecule has 0 aliphatic heterocycles. The normalized spacial score (nSPS) is 13.0. The van der Waals surface area contributed by atoms with Crippen LogP contribution in [-0.2, 0) is 4.79 Å². The lowest BCUT2D eigenvalue weighted by molar-refractivity contribution is -0.117. The van der Waals surface area contributed by atoms with Crippen molar-refractivity contribution >= 4 is 29.1 Å². The summed E-state index contributed by atoms with van der Waals surface area (Å²) >= 11 is 1.37. The maximum atomic E-state index is 13.5. The van der Waals surface area contributed by atoms with Gasteiger partial charge in [0.05, 0.1) is 10.6 Å². The molecule has 6 nitrogen and oxygen atoms in total. The van der Waals surface area contributed by atoms with Crippen LogP contribution in [0.3, 0.4) is 0 Å². The van der Waals surface area contributed by atoms with Gasteiger partial charge in [-0.1, -0.05) is 36.4 Å². The van der Waals surface area contributed by atoms with Crippen LogP contribution in [-0.4, -0.2) is 39.4 Å². The molecule has 2 aromatic carbocycles. The Kier molecular flexibility index (Phi) is 6.22. The summed E-state index contributed by atoms with van der Waals surface area (Å²) in [5, 5.41) is 4.72. The Hall–Kier alpha value is -3.78. The highest BCUT2D eigenvalue weighted by atomic mass is 32.1. The van der Waals surface area contributed by atoms with E-state index in [0.29, 0.717) is 34.7 Å². The first-order valence-electron chi connectivity index (χ1n) is 11.1. The summed E-state index contributed by atoms with van der Waals surface area (Å²) < 4.78 is 15.2. The molecule has 2 aromatic heterocycles. The van der Waals surface area contributed by atoms with Crippen molar-refractivity contribution < 1.29 is 14.0 Å². The number of rotatable bonds is 8. The molecule has 1 saturated carbocycles. The average molecular weight is 475 g/mol. The van der Waals surface area contributed by atoms with Crippen LogP contribution in [0, 0.1) is 11.7 Å². The third-order valence-electron chi connectivity index (χ3n) is 5.66. The Labute approximate surface area is 200 Å². The standard InChI is InChI=1S/C26H23FN4O2S/c27-20-10-12-21(13-11-20)31-16-22(19-5-2-1-3-6-19)28-26(31)29-24(32)17-30(15-18-8-9-18)25(33)23-7-4-14-34-23/h1-7,10-14,16,18H,8-9,15,17H2,(H,28,29,32). The number of carbonyl (C=O) groups is 2. The predicted molar refractivity (Wildman–Crippen MR) is 131 cm³/mol. The average Bonchev–Trinajstić information content (AvgIpc) is 3.32. The molecule has 2 amide bonds. The molecule has 8 heteroatoms. The van der Waals surface area contributed by atoms with Gasteiger partial charge in [-0.3, -0.25) is 19.5 Å². The number of thiophene rings is 1. The number of benzene rings is 2. The van der Waals surface area contributed by atoms with E-state index in [4.69, 9.17) is 0 Å². The lowest BCUT2D eigenvalue weighted by Crippen LogP contribution is -2.39. The SMILES string of the molecule is O=C(CN(CC1CC1)C(=O)c1cccs1)Nc1nc(-c2ccccc2)cn1-c1ccc(F)cc1. The largest absolute Gasteiger partial charge is 0.328 e. The van der Waals surface area contributed by atoms with E-state index in [1.165, 1.54) is 23.5 Å². The fraction of sp³-hybridized carbons (Fsp3) is 0.192. The summed E-state index contributed by atoms with van der Waals surface area (Å²) in [5.41, 5.74) is 2.22. The number of aromatic nitrogens is 2. The molecule has 2 heterocycles. The molecular weight excluding hydrogens is 451 g/mol. The van der Waals surface area contributed by atoms with Crippen LogP contribution in [0.4, 0.5) is 10.3 Å². The zero-order chi connectivity index (χ0) is 23.5. The van der Waals surface area contributed by atoms with Crippen molar-refractivity contribution in [2.75, 3.05) is 18.4 Å². The lowest BCUT2D eigenvalue weighted by atomic mass is 10.2. The number of imidazole rings is 1. The molecule has 0 bridgehead atoms. The fourth-order valence-electron chi connectivity index (χ4n) is 3.74. The molecule has 4 aromatic rings. The van der Waals surface area contributed by atoms with E-state index in [0.717, 1.165) is 18.4 Å². The molecule has 1 N–H and O–H groups in total. The quantitative estimate of drug-likeness (QED) is 0.380. The minimum Gasteiger partial charge on any atom is -0.328 e. The molecule has 1 aliphatic rings. The van der Waals surface area contributed by atoms with Gasteiger partial charge in [-0.15, -0.1) is 11.3 Å². The van der Waals surface area contributed by atoms with Crippen molar-refractivity contribution in [1.29, 1.82) is 0 Å². The third-order valence-corrected chi connectivity index (χ3v) is 6.52. The van der Waals surface area contributed by atoms with E-state index in [1.54, 1.807) is 33.9 Å². The summed E-state index contributed by atoms with van der Waals surface area (Å²) in [5.74, 6) is -0.0587. The van der Waals surface area contributed by atoms with E-state index < -0.39 is 0 Å². The number of nitrogens with one attached hydrogen (secondary N) is 1. The highest BCUT2D eigenvalue weighted by Crippen LogP contribution is 2.30. The maximum Gasteiger partial charge on any atom is 0.264 e. The molecule has 5 rings (SSSR count). The zero-order valence-electron chi connectivity index (χ0n) is 18.4. The number of amides is 2. The first-order valence-corrected chi connectivity index (χ1v) is 12.0. The van der Waals surface area contributed by atoms with Crippen molar-refractivity contribution in [3.63, 3.8) is 0 Å². The second kappa shape index (κ2) is 9.61. The first kappa shape index (κ1) is 22.0. The minimum absolute atomic E-state index is 0.0653. The van der Waals surface area contributed by atoms with E-state index in [-0.39, 0.29) is 24.2 Å². The van der Waals surface area contributed by atoms with Crippen molar-refractivity contribution in [2.45, 2.75) is 12.8 Å². The first-order chi connectivity index (χ1) is 16.6. The van der Waals surface area contributed by atoms with E-state index >= 15 is 0 Å². The topological polar surface area (TPSA) is 67.2 Å². The highest BCUT2D eigenvalue weighted by molar-refractivity contribution is 7.12. The zero-order valence-corrected chi connectivity index (χ0v) is 19.2. The van der Waals surface area contributed by atoms with Gasteiger partial charge in [0, 0.05) is 24.0 Å².